The zero-order chi connectivity index (χ0) is 10.0. The molecule has 0 aliphatic heterocycles. The third-order valence-electron chi connectivity index (χ3n) is 1.79. The Bertz CT molecular complexity index is 350. The highest BCUT2D eigenvalue weighted by molar-refractivity contribution is 9.10. The topological polar surface area (TPSA) is 63.3 Å². The number of nitrogens with two attached hydrogens (primary N) is 1. The van der Waals surface area contributed by atoms with Crippen LogP contribution in [0.4, 0.5) is 0 Å². The number of ketones is 1. The Morgan fingerprint density at radius 1 is 1.62 bits per heavy atom. The molecular weight excluding hydrogens is 234 g/mol. The van der Waals surface area contributed by atoms with Gasteiger partial charge in [0, 0.05) is 4.47 Å². The first-order valence-corrected chi connectivity index (χ1v) is 4.58. The molecule has 1 rings (SSSR count). The number of Topliss-reactive ketones (excluding diaryl/α,β-unsaturated/α-hetero) is 1. The largest absolute Gasteiger partial charge is 0.507 e. The Morgan fingerprint density at radius 3 is 2.77 bits per heavy atom. The SMILES string of the molecule is Cc1ccc(Br)c(C(=O)CN)c1O. The van der Waals surface area contributed by atoms with Crippen molar-refractivity contribution in [3.05, 3.63) is 27.7 Å². The van der Waals surface area contributed by atoms with Crippen molar-refractivity contribution in [2.75, 3.05) is 6.54 Å². The number of rotatable bonds is 2. The molecule has 0 fully saturated rings. The summed E-state index contributed by atoms with van der Waals surface area (Å²) < 4.78 is 0.575. The number of hydrogen-bond acceptors (Lipinski definition) is 3. The first kappa shape index (κ1) is 10.2. The van der Waals surface area contributed by atoms with E-state index in [2.05, 4.69) is 15.9 Å². The Kier molecular flexibility index (Phi) is 3.06. The van der Waals surface area contributed by atoms with Crippen LogP contribution >= 0.6 is 15.9 Å². The highest BCUT2D eigenvalue weighted by atomic mass is 79.9. The number of carbonyl (C=O) groups excluding carboxylic acids is 1. The maximum absolute atomic E-state index is 11.3. The van der Waals surface area contributed by atoms with Crippen LogP contribution in [0.25, 0.3) is 0 Å². The van der Waals surface area contributed by atoms with Gasteiger partial charge < -0.3 is 10.8 Å². The molecular formula is C9H10BrNO2. The third-order valence-corrected chi connectivity index (χ3v) is 2.45. The molecule has 0 aliphatic rings. The Morgan fingerprint density at radius 2 is 2.23 bits per heavy atom. The monoisotopic (exact) mass is 243 g/mol. The van der Waals surface area contributed by atoms with Gasteiger partial charge in [-0.25, -0.2) is 0 Å². The second kappa shape index (κ2) is 3.89. The lowest BCUT2D eigenvalue weighted by Gasteiger charge is -2.06. The van der Waals surface area contributed by atoms with E-state index in [4.69, 9.17) is 5.73 Å². The number of aryl methyl sites for hydroxylation is 1. The van der Waals surface area contributed by atoms with Gasteiger partial charge in [0.25, 0.3) is 0 Å². The summed E-state index contributed by atoms with van der Waals surface area (Å²) in [4.78, 5) is 11.3. The second-order valence-corrected chi connectivity index (χ2v) is 3.57. The molecule has 0 saturated heterocycles. The van der Waals surface area contributed by atoms with E-state index < -0.39 is 0 Å². The van der Waals surface area contributed by atoms with E-state index in [1.165, 1.54) is 0 Å². The van der Waals surface area contributed by atoms with Crippen LogP contribution in [0.2, 0.25) is 0 Å². The predicted octanol–water partition coefficient (Wildman–Crippen LogP) is 1.60. The van der Waals surface area contributed by atoms with Crippen LogP contribution in [0.1, 0.15) is 15.9 Å². The second-order valence-electron chi connectivity index (χ2n) is 2.72. The average molecular weight is 244 g/mol. The molecule has 0 amide bonds. The lowest BCUT2D eigenvalue weighted by atomic mass is 10.1. The number of hydrogen-bond donors (Lipinski definition) is 2. The van der Waals surface area contributed by atoms with Gasteiger partial charge in [-0.1, -0.05) is 6.07 Å². The molecule has 4 heteroatoms. The molecule has 0 aromatic heterocycles. The van der Waals surface area contributed by atoms with Crippen molar-refractivity contribution in [1.29, 1.82) is 0 Å². The Labute approximate surface area is 84.7 Å². The molecule has 0 atom stereocenters. The predicted molar refractivity (Wildman–Crippen MR) is 53.9 cm³/mol. The van der Waals surface area contributed by atoms with Crippen molar-refractivity contribution in [3.63, 3.8) is 0 Å². The highest BCUT2D eigenvalue weighted by Crippen LogP contribution is 2.29. The molecule has 0 aliphatic carbocycles. The fraction of sp³-hybridized carbons (Fsp3) is 0.222. The van der Waals surface area contributed by atoms with Crippen molar-refractivity contribution >= 4 is 21.7 Å². The Balaban J connectivity index is 3.33. The van der Waals surface area contributed by atoms with Crippen LogP contribution in [0.5, 0.6) is 5.75 Å². The lowest BCUT2D eigenvalue weighted by Crippen LogP contribution is -2.14. The van der Waals surface area contributed by atoms with Gasteiger partial charge in [-0.3, -0.25) is 4.79 Å². The fourth-order valence-electron chi connectivity index (χ4n) is 1.04. The van der Waals surface area contributed by atoms with Gasteiger partial charge in [-0.05, 0) is 34.5 Å². The van der Waals surface area contributed by atoms with E-state index in [-0.39, 0.29) is 23.6 Å². The minimum atomic E-state index is -0.270. The first-order valence-electron chi connectivity index (χ1n) is 3.79. The minimum Gasteiger partial charge on any atom is -0.507 e. The molecule has 0 unspecified atom stereocenters. The van der Waals surface area contributed by atoms with Gasteiger partial charge in [0.05, 0.1) is 12.1 Å². The molecule has 0 spiro atoms. The number of halogens is 1. The summed E-state index contributed by atoms with van der Waals surface area (Å²) in [5, 5.41) is 9.57. The smallest absolute Gasteiger partial charge is 0.181 e. The Hall–Kier alpha value is -0.870. The van der Waals surface area contributed by atoms with Crippen LogP contribution in [0.3, 0.4) is 0 Å². The average Bonchev–Trinajstić information content (AvgIpc) is 2.12. The van der Waals surface area contributed by atoms with Gasteiger partial charge in [-0.2, -0.15) is 0 Å². The highest BCUT2D eigenvalue weighted by Gasteiger charge is 2.14. The minimum absolute atomic E-state index is 0.00447. The maximum Gasteiger partial charge on any atom is 0.181 e. The van der Waals surface area contributed by atoms with Crippen molar-refractivity contribution in [2.24, 2.45) is 5.73 Å². The summed E-state index contributed by atoms with van der Waals surface area (Å²) in [6.07, 6.45) is 0. The number of aromatic hydroxyl groups is 1. The molecule has 13 heavy (non-hydrogen) atoms. The van der Waals surface area contributed by atoms with E-state index in [1.807, 2.05) is 0 Å². The molecule has 3 nitrogen and oxygen atoms in total. The van der Waals surface area contributed by atoms with E-state index in [0.717, 1.165) is 0 Å². The zero-order valence-corrected chi connectivity index (χ0v) is 8.76. The summed E-state index contributed by atoms with van der Waals surface area (Å²) in [5.74, 6) is -0.266. The lowest BCUT2D eigenvalue weighted by molar-refractivity contribution is 0.0998. The first-order chi connectivity index (χ1) is 6.07. The quantitative estimate of drug-likeness (QED) is 0.776. The summed E-state index contributed by atoms with van der Waals surface area (Å²) in [5.41, 5.74) is 6.14. The summed E-state index contributed by atoms with van der Waals surface area (Å²) >= 11 is 3.19. The van der Waals surface area contributed by atoms with Gasteiger partial charge >= 0.3 is 0 Å². The summed E-state index contributed by atoms with van der Waals surface area (Å²) in [6, 6.07) is 3.45. The van der Waals surface area contributed by atoms with Crippen molar-refractivity contribution in [3.8, 4) is 5.75 Å². The van der Waals surface area contributed by atoms with Crippen LogP contribution in [-0.2, 0) is 0 Å². The van der Waals surface area contributed by atoms with Gasteiger partial charge in [0.15, 0.2) is 5.78 Å². The number of phenolic OH excluding ortho intramolecular Hbond substituents is 1. The molecule has 0 heterocycles. The van der Waals surface area contributed by atoms with Crippen LogP contribution in [0, 0.1) is 6.92 Å². The van der Waals surface area contributed by atoms with Crippen molar-refractivity contribution in [2.45, 2.75) is 6.92 Å². The van der Waals surface area contributed by atoms with E-state index >= 15 is 0 Å². The molecule has 0 saturated carbocycles. The van der Waals surface area contributed by atoms with Crippen LogP contribution in [0.15, 0.2) is 16.6 Å². The third kappa shape index (κ3) is 1.89. The number of benzene rings is 1. The van der Waals surface area contributed by atoms with Gasteiger partial charge in [-0.15, -0.1) is 0 Å². The van der Waals surface area contributed by atoms with E-state index in [0.29, 0.717) is 10.0 Å². The van der Waals surface area contributed by atoms with Gasteiger partial charge in [0.1, 0.15) is 5.75 Å². The standard InChI is InChI=1S/C9H10BrNO2/c1-5-2-3-6(10)8(9(5)13)7(12)4-11/h2-3,13H,4,11H2,1H3. The number of phenols is 1. The zero-order valence-electron chi connectivity index (χ0n) is 7.17. The maximum atomic E-state index is 11.3. The fourth-order valence-corrected chi connectivity index (χ4v) is 1.58. The van der Waals surface area contributed by atoms with E-state index in [9.17, 15) is 9.90 Å². The van der Waals surface area contributed by atoms with Crippen molar-refractivity contribution < 1.29 is 9.90 Å². The molecule has 1 aromatic rings. The summed E-state index contributed by atoms with van der Waals surface area (Å²) in [7, 11) is 0. The molecule has 3 N–H and O–H groups in total. The van der Waals surface area contributed by atoms with Gasteiger partial charge in [0.2, 0.25) is 0 Å². The van der Waals surface area contributed by atoms with Crippen LogP contribution < -0.4 is 5.73 Å². The van der Waals surface area contributed by atoms with Crippen molar-refractivity contribution in [1.82, 2.24) is 0 Å². The van der Waals surface area contributed by atoms with Crippen LogP contribution in [-0.4, -0.2) is 17.4 Å². The number of carbonyl (C=O) groups is 1. The molecule has 0 radical (unpaired) electrons. The molecule has 70 valence electrons. The van der Waals surface area contributed by atoms with E-state index in [1.54, 1.807) is 19.1 Å². The normalized spacial score (nSPS) is 10.1. The summed E-state index contributed by atoms with van der Waals surface area (Å²) in [6.45, 7) is 1.63. The molecule has 1 aromatic carbocycles. The molecule has 0 bridgehead atoms.